The van der Waals surface area contributed by atoms with Gasteiger partial charge >= 0.3 is 0 Å². The lowest BCUT2D eigenvalue weighted by molar-refractivity contribution is 0.0704. The van der Waals surface area contributed by atoms with Gasteiger partial charge in [-0.15, -0.1) is 0 Å². The van der Waals surface area contributed by atoms with Crippen LogP contribution in [0.15, 0.2) is 48.5 Å². The highest BCUT2D eigenvalue weighted by molar-refractivity contribution is 5.97. The van der Waals surface area contributed by atoms with Gasteiger partial charge in [0.2, 0.25) is 0 Å². The molecule has 23 heavy (non-hydrogen) atoms. The molecule has 0 radical (unpaired) electrons. The van der Waals surface area contributed by atoms with E-state index in [0.717, 1.165) is 24.0 Å². The first-order valence-electron chi connectivity index (χ1n) is 7.96. The van der Waals surface area contributed by atoms with Gasteiger partial charge in [0.05, 0.1) is 12.2 Å². The molecule has 4 heteroatoms. The lowest BCUT2D eigenvalue weighted by Gasteiger charge is -2.22. The molecule has 0 atom stereocenters. The minimum Gasteiger partial charge on any atom is -0.507 e. The normalized spacial score (nSPS) is 13.8. The Morgan fingerprint density at radius 2 is 1.83 bits per heavy atom. The number of aliphatic hydroxyl groups is 1. The molecule has 0 aliphatic heterocycles. The second-order valence-electron chi connectivity index (χ2n) is 5.97. The molecule has 2 N–H and O–H groups in total. The Balaban J connectivity index is 1.83. The second-order valence-corrected chi connectivity index (χ2v) is 5.97. The zero-order valence-electron chi connectivity index (χ0n) is 13.0. The minimum absolute atomic E-state index is 0.00426. The van der Waals surface area contributed by atoms with Crippen molar-refractivity contribution in [2.24, 2.45) is 0 Å². The average Bonchev–Trinajstić information content (AvgIpc) is 3.39. The van der Waals surface area contributed by atoms with E-state index in [1.54, 1.807) is 17.0 Å². The lowest BCUT2D eigenvalue weighted by atomic mass is 10.0. The van der Waals surface area contributed by atoms with Crippen LogP contribution >= 0.6 is 0 Å². The van der Waals surface area contributed by atoms with Crippen LogP contribution < -0.4 is 0 Å². The first kappa shape index (κ1) is 15.6. The van der Waals surface area contributed by atoms with E-state index in [-0.39, 0.29) is 24.3 Å². The summed E-state index contributed by atoms with van der Waals surface area (Å²) < 4.78 is 0. The summed E-state index contributed by atoms with van der Waals surface area (Å²) >= 11 is 0. The van der Waals surface area contributed by atoms with Gasteiger partial charge in [-0.25, -0.2) is 0 Å². The van der Waals surface area contributed by atoms with Crippen molar-refractivity contribution in [2.75, 3.05) is 13.2 Å². The van der Waals surface area contributed by atoms with Gasteiger partial charge in [0.25, 0.3) is 5.91 Å². The highest BCUT2D eigenvalue weighted by atomic mass is 16.3. The van der Waals surface area contributed by atoms with Crippen molar-refractivity contribution in [3.8, 4) is 5.75 Å². The molecular weight excluding hydrogens is 290 g/mol. The van der Waals surface area contributed by atoms with E-state index in [1.165, 1.54) is 0 Å². The Morgan fingerprint density at radius 3 is 2.48 bits per heavy atom. The molecule has 120 valence electrons. The van der Waals surface area contributed by atoms with Gasteiger partial charge in [0, 0.05) is 12.6 Å². The molecular formula is C19H21NO3. The number of hydrogen-bond acceptors (Lipinski definition) is 3. The number of carbonyl (C=O) groups excluding carboxylic acids is 1. The number of nitrogens with zero attached hydrogens (tertiary/aromatic N) is 1. The van der Waals surface area contributed by atoms with Gasteiger partial charge < -0.3 is 15.1 Å². The fourth-order valence-electron chi connectivity index (χ4n) is 2.79. The number of phenolic OH excluding ortho intramolecular Hbond substituents is 1. The van der Waals surface area contributed by atoms with E-state index in [4.69, 9.17) is 0 Å². The Morgan fingerprint density at radius 1 is 1.09 bits per heavy atom. The molecule has 0 bridgehead atoms. The Hall–Kier alpha value is -2.33. The van der Waals surface area contributed by atoms with Crippen molar-refractivity contribution in [1.29, 1.82) is 0 Å². The van der Waals surface area contributed by atoms with Crippen LogP contribution in [-0.2, 0) is 6.42 Å². The van der Waals surface area contributed by atoms with Crippen molar-refractivity contribution in [1.82, 2.24) is 4.90 Å². The maximum atomic E-state index is 12.7. The summed E-state index contributed by atoms with van der Waals surface area (Å²) in [5.74, 6) is -0.204. The third-order valence-electron chi connectivity index (χ3n) is 4.13. The zero-order chi connectivity index (χ0) is 16.2. The van der Waals surface area contributed by atoms with Gasteiger partial charge in [0.15, 0.2) is 0 Å². The molecule has 3 rings (SSSR count). The molecule has 0 aromatic heterocycles. The van der Waals surface area contributed by atoms with Gasteiger partial charge in [0.1, 0.15) is 5.75 Å². The monoisotopic (exact) mass is 311 g/mol. The van der Waals surface area contributed by atoms with Gasteiger partial charge in [-0.1, -0.05) is 36.4 Å². The fourth-order valence-corrected chi connectivity index (χ4v) is 2.79. The fraction of sp³-hybridized carbons (Fsp3) is 0.316. The van der Waals surface area contributed by atoms with Crippen molar-refractivity contribution < 1.29 is 15.0 Å². The van der Waals surface area contributed by atoms with E-state index in [1.807, 2.05) is 36.4 Å². The van der Waals surface area contributed by atoms with E-state index in [9.17, 15) is 15.0 Å². The zero-order valence-corrected chi connectivity index (χ0v) is 13.0. The van der Waals surface area contributed by atoms with Crippen molar-refractivity contribution >= 4 is 5.91 Å². The number of rotatable bonds is 6. The maximum Gasteiger partial charge on any atom is 0.257 e. The van der Waals surface area contributed by atoms with Crippen LogP contribution in [0.25, 0.3) is 0 Å². The summed E-state index contributed by atoms with van der Waals surface area (Å²) in [6.45, 7) is 0.249. The number of phenols is 1. The molecule has 2 aromatic rings. The van der Waals surface area contributed by atoms with E-state index >= 15 is 0 Å². The number of aliphatic hydroxyl groups excluding tert-OH is 1. The molecule has 1 fully saturated rings. The van der Waals surface area contributed by atoms with Crippen LogP contribution in [0, 0.1) is 0 Å². The SMILES string of the molecule is O=C(c1cc(Cc2ccccc2)ccc1O)N(CCO)C1CC1. The van der Waals surface area contributed by atoms with Crippen LogP contribution in [0.4, 0.5) is 0 Å². The highest BCUT2D eigenvalue weighted by Gasteiger charge is 2.33. The summed E-state index contributed by atoms with van der Waals surface area (Å²) in [7, 11) is 0. The Bertz CT molecular complexity index is 680. The van der Waals surface area contributed by atoms with Crippen molar-refractivity contribution in [2.45, 2.75) is 25.3 Å². The summed E-state index contributed by atoms with van der Waals surface area (Å²) in [4.78, 5) is 14.4. The average molecular weight is 311 g/mol. The number of amides is 1. The number of hydrogen-bond donors (Lipinski definition) is 2. The molecule has 0 heterocycles. The first-order chi connectivity index (χ1) is 11.2. The lowest BCUT2D eigenvalue weighted by Crippen LogP contribution is -2.35. The number of aromatic hydroxyl groups is 1. The maximum absolute atomic E-state index is 12.7. The van der Waals surface area contributed by atoms with Crippen molar-refractivity contribution in [3.63, 3.8) is 0 Å². The topological polar surface area (TPSA) is 60.8 Å². The predicted octanol–water partition coefficient (Wildman–Crippen LogP) is 2.58. The van der Waals surface area contributed by atoms with E-state index in [0.29, 0.717) is 18.5 Å². The second kappa shape index (κ2) is 6.84. The summed E-state index contributed by atoms with van der Waals surface area (Å²) in [5.41, 5.74) is 2.46. The summed E-state index contributed by atoms with van der Waals surface area (Å²) in [5, 5.41) is 19.3. The summed E-state index contributed by atoms with van der Waals surface area (Å²) in [6.07, 6.45) is 2.65. The molecule has 0 unspecified atom stereocenters. The van der Waals surface area contributed by atoms with Gasteiger partial charge in [-0.2, -0.15) is 0 Å². The Labute approximate surface area is 136 Å². The molecule has 4 nitrogen and oxygen atoms in total. The number of carbonyl (C=O) groups is 1. The predicted molar refractivity (Wildman–Crippen MR) is 88.5 cm³/mol. The van der Waals surface area contributed by atoms with Crippen LogP contribution in [0.2, 0.25) is 0 Å². The van der Waals surface area contributed by atoms with E-state index in [2.05, 4.69) is 0 Å². The molecule has 2 aromatic carbocycles. The standard InChI is InChI=1S/C19H21NO3/c21-11-10-20(16-7-8-16)19(23)17-13-15(6-9-18(17)22)12-14-4-2-1-3-5-14/h1-6,9,13,16,21-22H,7-8,10-12H2. The van der Waals surface area contributed by atoms with Gasteiger partial charge in [-0.3, -0.25) is 4.79 Å². The smallest absolute Gasteiger partial charge is 0.257 e. The van der Waals surface area contributed by atoms with E-state index < -0.39 is 0 Å². The first-order valence-corrected chi connectivity index (χ1v) is 7.96. The van der Waals surface area contributed by atoms with Crippen LogP contribution in [0.1, 0.15) is 34.3 Å². The molecule has 1 aliphatic carbocycles. The molecule has 0 spiro atoms. The minimum atomic E-state index is -0.200. The van der Waals surface area contributed by atoms with Crippen molar-refractivity contribution in [3.05, 3.63) is 65.2 Å². The third kappa shape index (κ3) is 3.71. The van der Waals surface area contributed by atoms with Crippen LogP contribution in [0.3, 0.4) is 0 Å². The van der Waals surface area contributed by atoms with Crippen LogP contribution in [0.5, 0.6) is 5.75 Å². The summed E-state index contributed by atoms with van der Waals surface area (Å²) in [6, 6.07) is 15.4. The molecule has 1 amide bonds. The Kier molecular flexibility index (Phi) is 4.63. The molecule has 0 saturated heterocycles. The molecule has 1 aliphatic rings. The third-order valence-corrected chi connectivity index (χ3v) is 4.13. The van der Waals surface area contributed by atoms with Gasteiger partial charge in [-0.05, 0) is 42.5 Å². The quantitative estimate of drug-likeness (QED) is 0.862. The largest absolute Gasteiger partial charge is 0.507 e. The van der Waals surface area contributed by atoms with Crippen LogP contribution in [-0.4, -0.2) is 40.2 Å². The number of benzene rings is 2. The highest BCUT2D eigenvalue weighted by Crippen LogP contribution is 2.30. The molecule has 1 saturated carbocycles.